The van der Waals surface area contributed by atoms with Gasteiger partial charge in [0.05, 0.1) is 5.69 Å². The van der Waals surface area contributed by atoms with Crippen LogP contribution in [0.1, 0.15) is 25.7 Å². The number of hydrogen-bond acceptors (Lipinski definition) is 2. The van der Waals surface area contributed by atoms with Crippen LogP contribution in [0.15, 0.2) is 24.5 Å². The molecule has 0 aromatic carbocycles. The molecule has 0 spiro atoms. The van der Waals surface area contributed by atoms with Crippen molar-refractivity contribution in [2.75, 3.05) is 5.32 Å². The van der Waals surface area contributed by atoms with Gasteiger partial charge in [-0.05, 0) is 36.8 Å². The number of aromatic nitrogens is 1. The fourth-order valence-corrected chi connectivity index (χ4v) is 2.75. The lowest BCUT2D eigenvalue weighted by molar-refractivity contribution is 0.440. The Morgan fingerprint density at radius 3 is 3.21 bits per heavy atom. The summed E-state index contributed by atoms with van der Waals surface area (Å²) in [6.07, 6.45) is 9.42. The molecule has 0 aliphatic heterocycles. The van der Waals surface area contributed by atoms with Crippen molar-refractivity contribution < 1.29 is 0 Å². The van der Waals surface area contributed by atoms with Gasteiger partial charge in [0.1, 0.15) is 0 Å². The molecule has 74 valence electrons. The maximum atomic E-state index is 4.13. The van der Waals surface area contributed by atoms with Crippen molar-refractivity contribution in [3.63, 3.8) is 0 Å². The highest BCUT2D eigenvalue weighted by atomic mass is 15.0. The molecule has 2 aliphatic rings. The van der Waals surface area contributed by atoms with Crippen LogP contribution in [0.4, 0.5) is 5.69 Å². The predicted octanol–water partition coefficient (Wildman–Crippen LogP) is 2.68. The highest BCUT2D eigenvalue weighted by Crippen LogP contribution is 2.50. The lowest BCUT2D eigenvalue weighted by atomic mass is 9.95. The van der Waals surface area contributed by atoms with E-state index in [0.29, 0.717) is 0 Å². The average molecular weight is 188 g/mol. The van der Waals surface area contributed by atoms with Crippen LogP contribution in [0.25, 0.3) is 0 Å². The summed E-state index contributed by atoms with van der Waals surface area (Å²) in [6.45, 7) is 0. The zero-order chi connectivity index (χ0) is 9.38. The molecule has 0 bridgehead atoms. The van der Waals surface area contributed by atoms with Crippen molar-refractivity contribution in [3.8, 4) is 0 Å². The second-order valence-corrected chi connectivity index (χ2v) is 4.58. The van der Waals surface area contributed by atoms with E-state index in [0.717, 1.165) is 17.9 Å². The monoisotopic (exact) mass is 188 g/mol. The zero-order valence-electron chi connectivity index (χ0n) is 8.32. The van der Waals surface area contributed by atoms with Crippen LogP contribution in [0.2, 0.25) is 0 Å². The van der Waals surface area contributed by atoms with Crippen molar-refractivity contribution in [1.29, 1.82) is 0 Å². The van der Waals surface area contributed by atoms with E-state index in [1.807, 2.05) is 18.5 Å². The van der Waals surface area contributed by atoms with Crippen LogP contribution in [-0.4, -0.2) is 11.0 Å². The molecule has 2 nitrogen and oxygen atoms in total. The summed E-state index contributed by atoms with van der Waals surface area (Å²) in [5, 5.41) is 3.61. The molecule has 2 heteroatoms. The SMILES string of the molecule is c1cncc(NC2CCCC3CC32)c1. The van der Waals surface area contributed by atoms with Crippen LogP contribution < -0.4 is 5.32 Å². The second-order valence-electron chi connectivity index (χ2n) is 4.58. The third kappa shape index (κ3) is 1.49. The molecule has 2 fully saturated rings. The molecule has 0 saturated heterocycles. The third-order valence-corrected chi connectivity index (χ3v) is 3.60. The van der Waals surface area contributed by atoms with Gasteiger partial charge in [0.2, 0.25) is 0 Å². The number of pyridine rings is 1. The number of fused-ring (bicyclic) bond motifs is 1. The van der Waals surface area contributed by atoms with Gasteiger partial charge in [-0.3, -0.25) is 4.98 Å². The fraction of sp³-hybridized carbons (Fsp3) is 0.583. The van der Waals surface area contributed by atoms with E-state index in [4.69, 9.17) is 0 Å². The summed E-state index contributed by atoms with van der Waals surface area (Å²) >= 11 is 0. The molecule has 0 amide bonds. The van der Waals surface area contributed by atoms with Gasteiger partial charge in [0.25, 0.3) is 0 Å². The molecule has 2 saturated carbocycles. The highest BCUT2D eigenvalue weighted by molar-refractivity contribution is 5.41. The van der Waals surface area contributed by atoms with E-state index >= 15 is 0 Å². The predicted molar refractivity (Wildman–Crippen MR) is 57.1 cm³/mol. The van der Waals surface area contributed by atoms with Gasteiger partial charge >= 0.3 is 0 Å². The minimum Gasteiger partial charge on any atom is -0.381 e. The normalized spacial score (nSPS) is 34.7. The van der Waals surface area contributed by atoms with Crippen molar-refractivity contribution in [2.24, 2.45) is 11.8 Å². The molecule has 1 heterocycles. The van der Waals surface area contributed by atoms with Gasteiger partial charge in [-0.1, -0.05) is 12.8 Å². The Hall–Kier alpha value is -1.05. The minimum absolute atomic E-state index is 0.720. The maximum Gasteiger partial charge on any atom is 0.0528 e. The molecule has 3 atom stereocenters. The largest absolute Gasteiger partial charge is 0.381 e. The van der Waals surface area contributed by atoms with E-state index in [1.54, 1.807) is 0 Å². The van der Waals surface area contributed by atoms with Crippen molar-refractivity contribution in [3.05, 3.63) is 24.5 Å². The van der Waals surface area contributed by atoms with Crippen LogP contribution >= 0.6 is 0 Å². The molecule has 0 radical (unpaired) electrons. The standard InChI is InChI=1S/C12H16N2/c1-3-9-7-11(9)12(5-1)14-10-4-2-6-13-8-10/h2,4,6,8-9,11-12,14H,1,3,5,7H2. The first-order chi connectivity index (χ1) is 6.93. The molecular weight excluding hydrogens is 172 g/mol. The third-order valence-electron chi connectivity index (χ3n) is 3.60. The van der Waals surface area contributed by atoms with Gasteiger partial charge < -0.3 is 5.32 Å². The molecule has 1 aromatic heterocycles. The molecular formula is C12H16N2. The molecule has 1 aromatic rings. The van der Waals surface area contributed by atoms with Gasteiger partial charge in [0.15, 0.2) is 0 Å². The Morgan fingerprint density at radius 1 is 1.36 bits per heavy atom. The van der Waals surface area contributed by atoms with E-state index in [-0.39, 0.29) is 0 Å². The molecule has 3 rings (SSSR count). The molecule has 2 aliphatic carbocycles. The number of hydrogen-bond donors (Lipinski definition) is 1. The number of rotatable bonds is 2. The first kappa shape index (κ1) is 8.27. The maximum absolute atomic E-state index is 4.13. The Balaban J connectivity index is 1.67. The highest BCUT2D eigenvalue weighted by Gasteiger charge is 2.44. The Bertz CT molecular complexity index is 309. The van der Waals surface area contributed by atoms with E-state index in [1.165, 1.54) is 31.4 Å². The smallest absolute Gasteiger partial charge is 0.0528 e. The number of nitrogens with one attached hydrogen (secondary N) is 1. The van der Waals surface area contributed by atoms with Crippen molar-refractivity contribution >= 4 is 5.69 Å². The summed E-state index contributed by atoms with van der Waals surface area (Å²) < 4.78 is 0. The fourth-order valence-electron chi connectivity index (χ4n) is 2.75. The van der Waals surface area contributed by atoms with Gasteiger partial charge in [0, 0.05) is 18.4 Å². The van der Waals surface area contributed by atoms with Gasteiger partial charge in [-0.15, -0.1) is 0 Å². The van der Waals surface area contributed by atoms with E-state index < -0.39 is 0 Å². The quantitative estimate of drug-likeness (QED) is 0.771. The van der Waals surface area contributed by atoms with Crippen molar-refractivity contribution in [1.82, 2.24) is 4.98 Å². The zero-order valence-corrected chi connectivity index (χ0v) is 8.32. The summed E-state index contributed by atoms with van der Waals surface area (Å²) in [6, 6.07) is 4.83. The van der Waals surface area contributed by atoms with Crippen LogP contribution in [0.5, 0.6) is 0 Å². The first-order valence-electron chi connectivity index (χ1n) is 5.60. The first-order valence-corrected chi connectivity index (χ1v) is 5.60. The van der Waals surface area contributed by atoms with E-state index in [2.05, 4.69) is 16.4 Å². The van der Waals surface area contributed by atoms with Gasteiger partial charge in [-0.25, -0.2) is 0 Å². The number of anilines is 1. The summed E-state index contributed by atoms with van der Waals surface area (Å²) in [5.41, 5.74) is 1.19. The van der Waals surface area contributed by atoms with Gasteiger partial charge in [-0.2, -0.15) is 0 Å². The molecule has 3 unspecified atom stereocenters. The van der Waals surface area contributed by atoms with Crippen LogP contribution in [-0.2, 0) is 0 Å². The second kappa shape index (κ2) is 3.26. The topological polar surface area (TPSA) is 24.9 Å². The Kier molecular flexibility index (Phi) is 1.93. The Morgan fingerprint density at radius 2 is 2.36 bits per heavy atom. The summed E-state index contributed by atoms with van der Waals surface area (Å²) in [7, 11) is 0. The summed E-state index contributed by atoms with van der Waals surface area (Å²) in [5.74, 6) is 2.00. The van der Waals surface area contributed by atoms with Crippen LogP contribution in [0.3, 0.4) is 0 Å². The lowest BCUT2D eigenvalue weighted by Crippen LogP contribution is -2.25. The molecule has 1 N–H and O–H groups in total. The lowest BCUT2D eigenvalue weighted by Gasteiger charge is -2.23. The van der Waals surface area contributed by atoms with E-state index in [9.17, 15) is 0 Å². The Labute approximate surface area is 84.7 Å². The minimum atomic E-state index is 0.720. The van der Waals surface area contributed by atoms with Crippen LogP contribution in [0, 0.1) is 11.8 Å². The number of nitrogens with zero attached hydrogens (tertiary/aromatic N) is 1. The van der Waals surface area contributed by atoms with Crippen molar-refractivity contribution in [2.45, 2.75) is 31.7 Å². The average Bonchev–Trinajstić information content (AvgIpc) is 2.99. The molecule has 14 heavy (non-hydrogen) atoms. The summed E-state index contributed by atoms with van der Waals surface area (Å²) in [4.78, 5) is 4.13.